The Balaban J connectivity index is 1.33. The maximum absolute atomic E-state index is 6.53. The molecule has 1 spiro atoms. The zero-order valence-electron chi connectivity index (χ0n) is 20.5. The lowest BCUT2D eigenvalue weighted by Gasteiger charge is -2.60. The third kappa shape index (κ3) is 2.69. The van der Waals surface area contributed by atoms with Crippen molar-refractivity contribution in [2.24, 2.45) is 29.1 Å². The lowest BCUT2D eigenvalue weighted by molar-refractivity contribution is -0.317. The lowest BCUT2D eigenvalue weighted by Crippen LogP contribution is -2.65. The van der Waals surface area contributed by atoms with Gasteiger partial charge in [-0.3, -0.25) is 0 Å². The second kappa shape index (κ2) is 7.52. The van der Waals surface area contributed by atoms with Gasteiger partial charge in [-0.05, 0) is 69.1 Å². The Bertz CT molecular complexity index is 779. The molecule has 0 aromatic carbocycles. The first-order valence-corrected chi connectivity index (χ1v) is 13.2. The Morgan fingerprint density at radius 2 is 1.62 bits per heavy atom. The molecule has 0 N–H and O–H groups in total. The van der Waals surface area contributed by atoms with E-state index in [0.29, 0.717) is 25.0 Å². The number of methoxy groups -OCH3 is 1. The van der Waals surface area contributed by atoms with Crippen LogP contribution >= 0.6 is 0 Å². The fraction of sp³-hybridized carbons (Fsp3) is 0.926. The van der Waals surface area contributed by atoms with E-state index >= 15 is 0 Å². The van der Waals surface area contributed by atoms with Crippen molar-refractivity contribution < 1.29 is 23.7 Å². The fourth-order valence-electron chi connectivity index (χ4n) is 9.63. The van der Waals surface area contributed by atoms with Crippen molar-refractivity contribution in [3.8, 4) is 0 Å². The molecule has 2 saturated heterocycles. The number of allylic oxidation sites excluding steroid dienone is 1. The van der Waals surface area contributed by atoms with E-state index in [1.54, 1.807) is 11.1 Å². The minimum Gasteiger partial charge on any atom is -0.372 e. The van der Waals surface area contributed by atoms with Crippen LogP contribution in [-0.2, 0) is 23.7 Å². The van der Waals surface area contributed by atoms with Crippen molar-refractivity contribution in [2.75, 3.05) is 33.5 Å². The van der Waals surface area contributed by atoms with E-state index in [2.05, 4.69) is 20.8 Å². The van der Waals surface area contributed by atoms with Crippen LogP contribution < -0.4 is 0 Å². The Kier molecular flexibility index (Phi) is 5.18. The van der Waals surface area contributed by atoms with Gasteiger partial charge in [0.05, 0.1) is 26.4 Å². The van der Waals surface area contributed by atoms with Gasteiger partial charge in [-0.25, -0.2) is 0 Å². The van der Waals surface area contributed by atoms with Crippen LogP contribution in [-0.4, -0.2) is 50.7 Å². The highest BCUT2D eigenvalue weighted by atomic mass is 16.8. The molecular weight excluding hydrogens is 404 g/mol. The van der Waals surface area contributed by atoms with Crippen LogP contribution in [0.25, 0.3) is 0 Å². The Hall–Kier alpha value is -0.460. The minimum atomic E-state index is -0.586. The maximum Gasteiger partial charge on any atom is 0.198 e. The molecule has 6 aliphatic rings. The highest BCUT2D eigenvalue weighted by molar-refractivity contribution is 5.28. The fourth-order valence-corrected chi connectivity index (χ4v) is 9.63. The highest BCUT2D eigenvalue weighted by Gasteiger charge is 2.72. The Labute approximate surface area is 193 Å². The van der Waals surface area contributed by atoms with Gasteiger partial charge in [0.1, 0.15) is 5.60 Å². The summed E-state index contributed by atoms with van der Waals surface area (Å²) in [5.74, 6) is 2.02. The summed E-state index contributed by atoms with van der Waals surface area (Å²) in [4.78, 5) is 0. The molecule has 0 aromatic heterocycles. The molecule has 0 aromatic rings. The standard InChI is InChI=1S/C27H42O5/c1-5-27(31-14-15-32-27)26(28-4)11-8-23-21-16-18(2)22-17-25(29-12-13-30-25)10-7-20(22)19(21)6-9-24(23,26)3/h19-21,23H,5-17H2,1-4H3/t19?,20?,21?,23?,24-,26?/m0/s1. The SMILES string of the molecule is CCC1(C2(OC)CCC3C4CC(C)=C5CC6(CCC5C4CC[C@@]32C)OCCO6)OCCO1. The van der Waals surface area contributed by atoms with Crippen LogP contribution in [0.3, 0.4) is 0 Å². The Morgan fingerprint density at radius 3 is 2.31 bits per heavy atom. The monoisotopic (exact) mass is 446 g/mol. The van der Waals surface area contributed by atoms with Crippen molar-refractivity contribution in [3.05, 3.63) is 11.1 Å². The summed E-state index contributed by atoms with van der Waals surface area (Å²) in [5.41, 5.74) is 3.04. The van der Waals surface area contributed by atoms with E-state index in [0.717, 1.165) is 50.7 Å². The van der Waals surface area contributed by atoms with Crippen LogP contribution in [0.2, 0.25) is 0 Å². The van der Waals surface area contributed by atoms with Crippen LogP contribution in [0.1, 0.15) is 78.6 Å². The third-order valence-electron chi connectivity index (χ3n) is 11.0. The van der Waals surface area contributed by atoms with Gasteiger partial charge < -0.3 is 23.7 Å². The number of ether oxygens (including phenoxy) is 5. The predicted octanol–water partition coefficient (Wildman–Crippen LogP) is 5.23. The van der Waals surface area contributed by atoms with E-state index < -0.39 is 5.79 Å². The summed E-state index contributed by atoms with van der Waals surface area (Å²) in [6.07, 6.45) is 10.1. The molecule has 5 unspecified atom stereocenters. The molecular formula is C27H42O5. The summed E-state index contributed by atoms with van der Waals surface area (Å²) >= 11 is 0. The zero-order valence-corrected chi connectivity index (χ0v) is 20.5. The summed E-state index contributed by atoms with van der Waals surface area (Å²) in [7, 11) is 1.91. The molecule has 0 bridgehead atoms. The van der Waals surface area contributed by atoms with Crippen LogP contribution in [0.4, 0.5) is 0 Å². The third-order valence-corrected chi connectivity index (χ3v) is 11.0. The lowest BCUT2D eigenvalue weighted by atomic mass is 9.49. The van der Waals surface area contributed by atoms with Gasteiger partial charge in [-0.2, -0.15) is 0 Å². The van der Waals surface area contributed by atoms with Crippen molar-refractivity contribution >= 4 is 0 Å². The van der Waals surface area contributed by atoms with Crippen molar-refractivity contribution in [3.63, 3.8) is 0 Å². The molecule has 4 aliphatic carbocycles. The van der Waals surface area contributed by atoms with Gasteiger partial charge in [0.15, 0.2) is 11.6 Å². The van der Waals surface area contributed by atoms with Gasteiger partial charge in [-0.1, -0.05) is 25.0 Å². The average molecular weight is 447 g/mol. The van der Waals surface area contributed by atoms with Crippen LogP contribution in [0.15, 0.2) is 11.1 Å². The largest absolute Gasteiger partial charge is 0.372 e. The molecule has 0 radical (unpaired) electrons. The molecule has 6 atom stereocenters. The first-order chi connectivity index (χ1) is 15.4. The van der Waals surface area contributed by atoms with E-state index in [-0.39, 0.29) is 16.8 Å². The molecule has 32 heavy (non-hydrogen) atoms. The van der Waals surface area contributed by atoms with Gasteiger partial charge in [0.2, 0.25) is 0 Å². The molecule has 180 valence electrons. The first kappa shape index (κ1) is 22.0. The predicted molar refractivity (Wildman–Crippen MR) is 121 cm³/mol. The van der Waals surface area contributed by atoms with Gasteiger partial charge in [0, 0.05) is 31.8 Å². The normalized spacial score (nSPS) is 46.9. The molecule has 6 rings (SSSR count). The summed E-state index contributed by atoms with van der Waals surface area (Å²) in [6.45, 7) is 10.00. The number of rotatable bonds is 3. The summed E-state index contributed by atoms with van der Waals surface area (Å²) in [6, 6.07) is 0. The molecule has 3 saturated carbocycles. The number of hydrogen-bond donors (Lipinski definition) is 0. The van der Waals surface area contributed by atoms with Crippen molar-refractivity contribution in [2.45, 2.75) is 95.7 Å². The van der Waals surface area contributed by atoms with Crippen LogP contribution in [0.5, 0.6) is 0 Å². The molecule has 5 nitrogen and oxygen atoms in total. The molecule has 5 fully saturated rings. The highest BCUT2D eigenvalue weighted by Crippen LogP contribution is 2.69. The van der Waals surface area contributed by atoms with E-state index in [1.165, 1.54) is 32.1 Å². The van der Waals surface area contributed by atoms with Gasteiger partial charge in [-0.15, -0.1) is 0 Å². The molecule has 2 aliphatic heterocycles. The van der Waals surface area contributed by atoms with Crippen molar-refractivity contribution in [1.82, 2.24) is 0 Å². The number of hydrogen-bond acceptors (Lipinski definition) is 5. The van der Waals surface area contributed by atoms with Crippen LogP contribution in [0, 0.1) is 29.1 Å². The molecule has 0 amide bonds. The topological polar surface area (TPSA) is 46.2 Å². The molecule has 2 heterocycles. The first-order valence-electron chi connectivity index (χ1n) is 13.2. The van der Waals surface area contributed by atoms with E-state index in [1.807, 2.05) is 7.11 Å². The zero-order chi connectivity index (χ0) is 22.2. The van der Waals surface area contributed by atoms with Crippen molar-refractivity contribution in [1.29, 1.82) is 0 Å². The summed E-state index contributed by atoms with van der Waals surface area (Å²) < 4.78 is 31.6. The average Bonchev–Trinajstić information content (AvgIpc) is 3.53. The molecule has 5 heteroatoms. The minimum absolute atomic E-state index is 0.0919. The van der Waals surface area contributed by atoms with Gasteiger partial charge >= 0.3 is 0 Å². The maximum atomic E-state index is 6.53. The Morgan fingerprint density at radius 1 is 0.906 bits per heavy atom. The van der Waals surface area contributed by atoms with Gasteiger partial charge in [0.25, 0.3) is 0 Å². The van der Waals surface area contributed by atoms with E-state index in [4.69, 9.17) is 23.7 Å². The smallest absolute Gasteiger partial charge is 0.198 e. The quantitative estimate of drug-likeness (QED) is 0.556. The number of fused-ring (bicyclic) bond motifs is 5. The summed E-state index contributed by atoms with van der Waals surface area (Å²) in [5, 5.41) is 0. The van der Waals surface area contributed by atoms with E-state index in [9.17, 15) is 0 Å². The second-order valence-electron chi connectivity index (χ2n) is 11.7. The second-order valence-corrected chi connectivity index (χ2v) is 11.7.